The molecule has 0 N–H and O–H groups in total. The van der Waals surface area contributed by atoms with Gasteiger partial charge in [0.25, 0.3) is 0 Å². The van der Waals surface area contributed by atoms with E-state index in [4.69, 9.17) is 0 Å². The molecule has 0 saturated heterocycles. The maximum absolute atomic E-state index is 3.82. The van der Waals surface area contributed by atoms with Crippen molar-refractivity contribution in [1.82, 2.24) is 0 Å². The van der Waals surface area contributed by atoms with Gasteiger partial charge in [0.2, 0.25) is 0 Å². The van der Waals surface area contributed by atoms with Crippen LogP contribution in [0.25, 0.3) is 10.1 Å². The molecule has 17 heavy (non-hydrogen) atoms. The molecule has 1 aromatic carbocycles. The maximum Gasteiger partial charge on any atom is 0.0752 e. The number of rotatable bonds is 2. The number of aryl methyl sites for hydroxylation is 1. The van der Waals surface area contributed by atoms with E-state index in [0.717, 1.165) is 0 Å². The maximum atomic E-state index is 3.82. The molecule has 0 aliphatic carbocycles. The van der Waals surface area contributed by atoms with Gasteiger partial charge in [-0.3, -0.25) is 0 Å². The van der Waals surface area contributed by atoms with E-state index in [1.54, 1.807) is 0 Å². The summed E-state index contributed by atoms with van der Waals surface area (Å²) in [6.07, 6.45) is 0. The molecule has 0 fully saturated rings. The van der Waals surface area contributed by atoms with E-state index in [2.05, 4.69) is 64.6 Å². The summed E-state index contributed by atoms with van der Waals surface area (Å²) in [6, 6.07) is 13.0. The molecule has 1 atom stereocenters. The molecule has 0 radical (unpaired) electrons. The predicted octanol–water partition coefficient (Wildman–Crippen LogP) is 5.76. The number of alkyl halides is 1. The van der Waals surface area contributed by atoms with Gasteiger partial charge >= 0.3 is 0 Å². The Morgan fingerprint density at radius 1 is 1.12 bits per heavy atom. The molecule has 3 rings (SSSR count). The zero-order chi connectivity index (χ0) is 11.8. The number of hydrogen-bond acceptors (Lipinski definition) is 2. The highest BCUT2D eigenvalue weighted by molar-refractivity contribution is 9.09. The highest BCUT2D eigenvalue weighted by Gasteiger charge is 2.16. The van der Waals surface area contributed by atoms with Crippen molar-refractivity contribution in [2.45, 2.75) is 11.8 Å². The van der Waals surface area contributed by atoms with E-state index in [1.807, 2.05) is 22.7 Å². The smallest absolute Gasteiger partial charge is 0.0752 e. The van der Waals surface area contributed by atoms with Crippen LogP contribution >= 0.6 is 38.6 Å². The van der Waals surface area contributed by atoms with E-state index < -0.39 is 0 Å². The largest absolute Gasteiger partial charge is 0.144 e. The normalized spacial score (nSPS) is 13.1. The van der Waals surface area contributed by atoms with Crippen molar-refractivity contribution in [3.05, 3.63) is 57.1 Å². The molecule has 0 aliphatic heterocycles. The lowest BCUT2D eigenvalue weighted by Crippen LogP contribution is -1.86. The van der Waals surface area contributed by atoms with E-state index in [1.165, 1.54) is 25.4 Å². The fraction of sp³-hybridized carbons (Fsp3) is 0.143. The minimum Gasteiger partial charge on any atom is -0.144 e. The fourth-order valence-electron chi connectivity index (χ4n) is 1.94. The fourth-order valence-corrected chi connectivity index (χ4v) is 4.79. The average Bonchev–Trinajstić information content (AvgIpc) is 2.94. The van der Waals surface area contributed by atoms with Crippen LogP contribution in [0, 0.1) is 6.92 Å². The highest BCUT2D eigenvalue weighted by atomic mass is 79.9. The van der Waals surface area contributed by atoms with Crippen LogP contribution in [-0.4, -0.2) is 0 Å². The number of halogens is 1. The lowest BCUT2D eigenvalue weighted by atomic mass is 10.1. The van der Waals surface area contributed by atoms with Crippen LogP contribution in [0.15, 0.2) is 41.8 Å². The van der Waals surface area contributed by atoms with E-state index in [0.29, 0.717) is 4.83 Å². The first-order valence-electron chi connectivity index (χ1n) is 5.42. The minimum atomic E-state index is 0.317. The molecular weight excluding hydrogens is 312 g/mol. The van der Waals surface area contributed by atoms with Gasteiger partial charge in [0.15, 0.2) is 0 Å². The minimum absolute atomic E-state index is 0.317. The van der Waals surface area contributed by atoms with Gasteiger partial charge in [-0.15, -0.1) is 22.7 Å². The summed E-state index contributed by atoms with van der Waals surface area (Å²) in [4.78, 5) is 3.06. The topological polar surface area (TPSA) is 0 Å². The molecular formula is C14H11BrS2. The second-order valence-electron chi connectivity index (χ2n) is 4.00. The van der Waals surface area contributed by atoms with Crippen molar-refractivity contribution in [2.75, 3.05) is 0 Å². The molecule has 0 nitrogen and oxygen atoms in total. The standard InChI is InChI=1S/C14H11BrS2/c1-9-6-7-13(17-9)14(15)11-8-16-12-5-3-2-4-10(11)12/h2-8,14H,1H3. The zero-order valence-corrected chi connectivity index (χ0v) is 12.5. The van der Waals surface area contributed by atoms with Crippen LogP contribution in [0.4, 0.5) is 0 Å². The lowest BCUT2D eigenvalue weighted by molar-refractivity contribution is 1.27. The van der Waals surface area contributed by atoms with Crippen molar-refractivity contribution in [3.8, 4) is 0 Å². The van der Waals surface area contributed by atoms with Crippen molar-refractivity contribution >= 4 is 48.7 Å². The Morgan fingerprint density at radius 2 is 1.94 bits per heavy atom. The van der Waals surface area contributed by atoms with Crippen molar-refractivity contribution in [3.63, 3.8) is 0 Å². The third-order valence-electron chi connectivity index (χ3n) is 2.79. The molecule has 1 unspecified atom stereocenters. The Kier molecular flexibility index (Phi) is 3.07. The molecule has 0 bridgehead atoms. The first-order valence-corrected chi connectivity index (χ1v) is 8.03. The second kappa shape index (κ2) is 4.56. The number of fused-ring (bicyclic) bond motifs is 1. The molecule has 0 spiro atoms. The molecule has 3 heteroatoms. The number of thiophene rings is 2. The van der Waals surface area contributed by atoms with Gasteiger partial charge in [0.1, 0.15) is 0 Å². The summed E-state index contributed by atoms with van der Waals surface area (Å²) in [5.74, 6) is 0. The lowest BCUT2D eigenvalue weighted by Gasteiger charge is -2.06. The average molecular weight is 323 g/mol. The SMILES string of the molecule is Cc1ccc(C(Br)c2csc3ccccc23)s1. The molecule has 2 aromatic heterocycles. The molecule has 86 valence electrons. The van der Waals surface area contributed by atoms with Gasteiger partial charge in [-0.05, 0) is 41.5 Å². The summed E-state index contributed by atoms with van der Waals surface area (Å²) in [6.45, 7) is 2.15. The van der Waals surface area contributed by atoms with Crippen molar-refractivity contribution in [2.24, 2.45) is 0 Å². The third-order valence-corrected chi connectivity index (χ3v) is 6.13. The van der Waals surface area contributed by atoms with E-state index in [-0.39, 0.29) is 0 Å². The van der Waals surface area contributed by atoms with Crippen molar-refractivity contribution in [1.29, 1.82) is 0 Å². The Morgan fingerprint density at radius 3 is 2.71 bits per heavy atom. The van der Waals surface area contributed by atoms with Crippen LogP contribution in [0.1, 0.15) is 20.1 Å². The molecule has 0 aliphatic rings. The number of hydrogen-bond donors (Lipinski definition) is 0. The third kappa shape index (κ3) is 2.07. The van der Waals surface area contributed by atoms with Crippen LogP contribution < -0.4 is 0 Å². The molecule has 0 amide bonds. The summed E-state index contributed by atoms with van der Waals surface area (Å²) in [5.41, 5.74) is 1.38. The second-order valence-corrected chi connectivity index (χ2v) is 7.14. The van der Waals surface area contributed by atoms with Crippen LogP contribution in [-0.2, 0) is 0 Å². The van der Waals surface area contributed by atoms with E-state index >= 15 is 0 Å². The van der Waals surface area contributed by atoms with Gasteiger partial charge in [-0.25, -0.2) is 0 Å². The Labute approximate surface area is 117 Å². The number of benzene rings is 1. The first kappa shape index (κ1) is 11.5. The Bertz CT molecular complexity index is 651. The van der Waals surface area contributed by atoms with Crippen molar-refractivity contribution < 1.29 is 0 Å². The Balaban J connectivity index is 2.09. The van der Waals surface area contributed by atoms with Gasteiger partial charge in [0.05, 0.1) is 4.83 Å². The van der Waals surface area contributed by atoms with Gasteiger partial charge < -0.3 is 0 Å². The Hall–Kier alpha value is -0.640. The van der Waals surface area contributed by atoms with Gasteiger partial charge in [0, 0.05) is 14.5 Å². The monoisotopic (exact) mass is 322 g/mol. The van der Waals surface area contributed by atoms with Crippen LogP contribution in [0.2, 0.25) is 0 Å². The zero-order valence-electron chi connectivity index (χ0n) is 9.31. The van der Waals surface area contributed by atoms with Gasteiger partial charge in [-0.2, -0.15) is 0 Å². The predicted molar refractivity (Wildman–Crippen MR) is 81.7 cm³/mol. The summed E-state index contributed by atoms with van der Waals surface area (Å²) in [5, 5.41) is 3.63. The molecule has 0 saturated carbocycles. The summed E-state index contributed by atoms with van der Waals surface area (Å²) >= 11 is 7.50. The van der Waals surface area contributed by atoms with Crippen LogP contribution in [0.3, 0.4) is 0 Å². The van der Waals surface area contributed by atoms with Crippen LogP contribution in [0.5, 0.6) is 0 Å². The summed E-state index contributed by atoms with van der Waals surface area (Å²) < 4.78 is 1.36. The van der Waals surface area contributed by atoms with Gasteiger partial charge in [-0.1, -0.05) is 34.1 Å². The molecule has 2 heterocycles. The highest BCUT2D eigenvalue weighted by Crippen LogP contribution is 2.40. The quantitative estimate of drug-likeness (QED) is 0.526. The van der Waals surface area contributed by atoms with E-state index in [9.17, 15) is 0 Å². The first-order chi connectivity index (χ1) is 8.25. The molecule has 3 aromatic rings. The summed E-state index contributed by atoms with van der Waals surface area (Å²) in [7, 11) is 0.